The van der Waals surface area contributed by atoms with Crippen LogP contribution in [0.4, 0.5) is 5.95 Å². The molecule has 0 saturated carbocycles. The Labute approximate surface area is 130 Å². The lowest BCUT2D eigenvalue weighted by atomic mass is 10.2. The molecular weight excluding hydrogens is 306 g/mol. The fraction of sp³-hybridized carbons (Fsp3) is 0.615. The smallest absolute Gasteiger partial charge is 0.332 e. The summed E-state index contributed by atoms with van der Waals surface area (Å²) in [7, 11) is 0. The Morgan fingerprint density at radius 1 is 1.48 bits per heavy atom. The third kappa shape index (κ3) is 2.44. The SMILES string of the molecule is CCCn1c(=O)n(C2CC(O)C(CO)O2)c2nc(N)[nH]c(=O)c21. The highest BCUT2D eigenvalue weighted by molar-refractivity contribution is 5.71. The molecule has 0 amide bonds. The molecule has 0 aliphatic carbocycles. The van der Waals surface area contributed by atoms with Crippen LogP contribution in [-0.4, -0.2) is 48.1 Å². The van der Waals surface area contributed by atoms with Gasteiger partial charge < -0.3 is 20.7 Å². The number of hydrogen-bond donors (Lipinski definition) is 4. The molecule has 10 heteroatoms. The van der Waals surface area contributed by atoms with E-state index in [1.165, 1.54) is 9.13 Å². The van der Waals surface area contributed by atoms with Crippen molar-refractivity contribution in [3.8, 4) is 0 Å². The Bertz CT molecular complexity index is 838. The molecule has 0 radical (unpaired) electrons. The first kappa shape index (κ1) is 15.7. The fourth-order valence-electron chi connectivity index (χ4n) is 2.93. The summed E-state index contributed by atoms with van der Waals surface area (Å²) in [5.41, 5.74) is 4.86. The van der Waals surface area contributed by atoms with E-state index in [4.69, 9.17) is 10.5 Å². The number of nitrogens with zero attached hydrogens (tertiary/aromatic N) is 3. The number of ether oxygens (including phenoxy) is 1. The number of aliphatic hydroxyl groups excluding tert-OH is 2. The van der Waals surface area contributed by atoms with E-state index in [2.05, 4.69) is 9.97 Å². The number of aromatic amines is 1. The van der Waals surface area contributed by atoms with E-state index in [9.17, 15) is 19.8 Å². The molecule has 3 heterocycles. The van der Waals surface area contributed by atoms with Gasteiger partial charge in [-0.3, -0.25) is 14.3 Å². The number of aryl methyl sites for hydroxylation is 1. The molecule has 23 heavy (non-hydrogen) atoms. The molecule has 5 N–H and O–H groups in total. The zero-order valence-electron chi connectivity index (χ0n) is 12.6. The number of imidazole rings is 1. The van der Waals surface area contributed by atoms with Crippen LogP contribution in [0.15, 0.2) is 9.59 Å². The number of hydrogen-bond acceptors (Lipinski definition) is 7. The van der Waals surface area contributed by atoms with Gasteiger partial charge in [-0.05, 0) is 6.42 Å². The average molecular weight is 325 g/mol. The molecule has 3 unspecified atom stereocenters. The minimum absolute atomic E-state index is 0.109. The first-order chi connectivity index (χ1) is 11.0. The van der Waals surface area contributed by atoms with Crippen LogP contribution in [0.1, 0.15) is 26.0 Å². The second-order valence-electron chi connectivity index (χ2n) is 5.54. The Hall–Kier alpha value is -2.17. The van der Waals surface area contributed by atoms with Gasteiger partial charge in [0.2, 0.25) is 5.95 Å². The van der Waals surface area contributed by atoms with Gasteiger partial charge in [0.25, 0.3) is 5.56 Å². The minimum Gasteiger partial charge on any atom is -0.394 e. The van der Waals surface area contributed by atoms with Gasteiger partial charge in [-0.15, -0.1) is 0 Å². The lowest BCUT2D eigenvalue weighted by Gasteiger charge is -2.12. The number of fused-ring (bicyclic) bond motifs is 1. The van der Waals surface area contributed by atoms with E-state index in [0.29, 0.717) is 13.0 Å². The zero-order valence-corrected chi connectivity index (χ0v) is 12.6. The molecule has 2 aromatic heterocycles. The number of aromatic nitrogens is 4. The number of nitrogen functional groups attached to an aromatic ring is 1. The van der Waals surface area contributed by atoms with Crippen molar-refractivity contribution in [1.29, 1.82) is 0 Å². The third-order valence-electron chi connectivity index (χ3n) is 3.95. The molecule has 3 rings (SSSR count). The summed E-state index contributed by atoms with van der Waals surface area (Å²) in [5, 5.41) is 19.1. The van der Waals surface area contributed by atoms with E-state index in [1.54, 1.807) is 0 Å². The summed E-state index contributed by atoms with van der Waals surface area (Å²) in [6.07, 6.45) is -1.73. The summed E-state index contributed by atoms with van der Waals surface area (Å²) in [6, 6.07) is 0. The lowest BCUT2D eigenvalue weighted by molar-refractivity contribution is -0.0443. The number of aliphatic hydroxyl groups is 2. The van der Waals surface area contributed by atoms with Gasteiger partial charge in [-0.2, -0.15) is 4.98 Å². The van der Waals surface area contributed by atoms with Gasteiger partial charge in [-0.25, -0.2) is 9.36 Å². The Balaban J connectivity index is 2.23. The number of nitrogens with two attached hydrogens (primary N) is 1. The monoisotopic (exact) mass is 325 g/mol. The highest BCUT2D eigenvalue weighted by atomic mass is 16.5. The van der Waals surface area contributed by atoms with Crippen LogP contribution in [0.25, 0.3) is 11.2 Å². The van der Waals surface area contributed by atoms with E-state index in [0.717, 1.165) is 0 Å². The van der Waals surface area contributed by atoms with Crippen LogP contribution in [0.5, 0.6) is 0 Å². The van der Waals surface area contributed by atoms with Gasteiger partial charge in [0.05, 0.1) is 12.7 Å². The predicted molar refractivity (Wildman–Crippen MR) is 80.9 cm³/mol. The molecule has 0 aromatic carbocycles. The molecule has 2 aromatic rings. The molecule has 3 atom stereocenters. The maximum Gasteiger partial charge on any atom is 0.332 e. The quantitative estimate of drug-likeness (QED) is 0.535. The molecule has 1 aliphatic rings. The van der Waals surface area contributed by atoms with Gasteiger partial charge in [0.1, 0.15) is 12.3 Å². The summed E-state index contributed by atoms with van der Waals surface area (Å²) >= 11 is 0. The van der Waals surface area contributed by atoms with Crippen molar-refractivity contribution >= 4 is 17.1 Å². The first-order valence-electron chi connectivity index (χ1n) is 7.42. The van der Waals surface area contributed by atoms with E-state index in [-0.39, 0.29) is 30.1 Å². The van der Waals surface area contributed by atoms with Crippen LogP contribution < -0.4 is 17.0 Å². The van der Waals surface area contributed by atoms with Crippen molar-refractivity contribution in [3.63, 3.8) is 0 Å². The fourth-order valence-corrected chi connectivity index (χ4v) is 2.93. The largest absolute Gasteiger partial charge is 0.394 e. The summed E-state index contributed by atoms with van der Waals surface area (Å²) < 4.78 is 8.07. The standard InChI is InChI=1S/C13H19N5O5/c1-2-3-17-9-10(15-12(14)16-11(9)21)18(13(17)22)8-4-6(20)7(5-19)23-8/h6-8,19-20H,2-5H2,1H3,(H3,14,15,16,21). The van der Waals surface area contributed by atoms with Crippen LogP contribution in [0.3, 0.4) is 0 Å². The molecule has 1 aliphatic heterocycles. The highest BCUT2D eigenvalue weighted by Gasteiger charge is 2.37. The molecule has 0 spiro atoms. The number of rotatable bonds is 4. The van der Waals surface area contributed by atoms with E-state index < -0.39 is 29.7 Å². The lowest BCUT2D eigenvalue weighted by Crippen LogP contribution is -2.28. The number of anilines is 1. The Morgan fingerprint density at radius 3 is 2.83 bits per heavy atom. The zero-order chi connectivity index (χ0) is 16.7. The summed E-state index contributed by atoms with van der Waals surface area (Å²) in [6.45, 7) is 1.86. The van der Waals surface area contributed by atoms with Gasteiger partial charge in [0.15, 0.2) is 11.2 Å². The third-order valence-corrected chi connectivity index (χ3v) is 3.95. The van der Waals surface area contributed by atoms with Crippen LogP contribution in [-0.2, 0) is 11.3 Å². The molecule has 1 saturated heterocycles. The van der Waals surface area contributed by atoms with Crippen molar-refractivity contribution in [3.05, 3.63) is 20.8 Å². The Morgan fingerprint density at radius 2 is 2.22 bits per heavy atom. The minimum atomic E-state index is -0.902. The second-order valence-corrected chi connectivity index (χ2v) is 5.54. The van der Waals surface area contributed by atoms with E-state index in [1.807, 2.05) is 6.92 Å². The van der Waals surface area contributed by atoms with Crippen LogP contribution in [0, 0.1) is 0 Å². The van der Waals surface area contributed by atoms with Crippen molar-refractivity contribution in [2.75, 3.05) is 12.3 Å². The molecule has 10 nitrogen and oxygen atoms in total. The topological polar surface area (TPSA) is 148 Å². The average Bonchev–Trinajstić information content (AvgIpc) is 2.98. The molecule has 1 fully saturated rings. The predicted octanol–water partition coefficient (Wildman–Crippen LogP) is -1.48. The van der Waals surface area contributed by atoms with Crippen molar-refractivity contribution in [1.82, 2.24) is 19.1 Å². The summed E-state index contributed by atoms with van der Waals surface area (Å²) in [5.74, 6) is -0.109. The Kier molecular flexibility index (Phi) is 3.96. The maximum atomic E-state index is 12.7. The van der Waals surface area contributed by atoms with E-state index >= 15 is 0 Å². The van der Waals surface area contributed by atoms with Gasteiger partial charge in [-0.1, -0.05) is 6.92 Å². The van der Waals surface area contributed by atoms with Gasteiger partial charge >= 0.3 is 5.69 Å². The normalized spacial score (nSPS) is 24.6. The van der Waals surface area contributed by atoms with Crippen molar-refractivity contribution in [2.45, 2.75) is 44.7 Å². The van der Waals surface area contributed by atoms with Crippen molar-refractivity contribution in [2.24, 2.45) is 0 Å². The molecule has 0 bridgehead atoms. The van der Waals surface area contributed by atoms with Crippen LogP contribution >= 0.6 is 0 Å². The highest BCUT2D eigenvalue weighted by Crippen LogP contribution is 2.29. The molecular formula is C13H19N5O5. The first-order valence-corrected chi connectivity index (χ1v) is 7.42. The van der Waals surface area contributed by atoms with Crippen LogP contribution in [0.2, 0.25) is 0 Å². The summed E-state index contributed by atoms with van der Waals surface area (Å²) in [4.78, 5) is 31.3. The van der Waals surface area contributed by atoms with Crippen molar-refractivity contribution < 1.29 is 14.9 Å². The number of H-pyrrole nitrogens is 1. The van der Waals surface area contributed by atoms with Gasteiger partial charge in [0, 0.05) is 13.0 Å². The maximum absolute atomic E-state index is 12.7. The molecule has 126 valence electrons. The number of nitrogens with one attached hydrogen (secondary N) is 1. The second kappa shape index (κ2) is 5.80.